The number of hydrogen-bond acceptors (Lipinski definition) is 3. The number of nitrogens with zero attached hydrogens (tertiary/aromatic N) is 2. The molecule has 0 unspecified atom stereocenters. The third-order valence-corrected chi connectivity index (χ3v) is 2.94. The second-order valence-electron chi connectivity index (χ2n) is 2.71. The molecule has 0 fully saturated rings. The second-order valence-corrected chi connectivity index (χ2v) is 4.35. The van der Waals surface area contributed by atoms with Crippen molar-refractivity contribution in [1.29, 1.82) is 0 Å². The third-order valence-electron chi connectivity index (χ3n) is 1.81. The fourth-order valence-electron chi connectivity index (χ4n) is 1.21. The summed E-state index contributed by atoms with van der Waals surface area (Å²) in [7, 11) is -3.24. The Hall–Kier alpha value is 0.705. The van der Waals surface area contributed by atoms with Crippen LogP contribution in [0.25, 0.3) is 4.72 Å². The van der Waals surface area contributed by atoms with Crippen molar-refractivity contribution in [3.63, 3.8) is 0 Å². The first-order valence-corrected chi connectivity index (χ1v) is 5.09. The van der Waals surface area contributed by atoms with Crippen molar-refractivity contribution in [3.05, 3.63) is 28.2 Å². The standard InChI is InChI=1S/C7H7N2O2S.Rb/c1-5-6-4-12(10,11)9-7(6)2-3-8-5;/h2-3H,4H2,1H3;/q-1;+1. The molecule has 4 nitrogen and oxygen atoms in total. The van der Waals surface area contributed by atoms with E-state index in [1.54, 1.807) is 19.2 Å². The van der Waals surface area contributed by atoms with E-state index in [2.05, 4.69) is 9.71 Å². The van der Waals surface area contributed by atoms with Gasteiger partial charge in [-0.05, 0) is 12.5 Å². The zero-order valence-corrected chi connectivity index (χ0v) is 13.2. The van der Waals surface area contributed by atoms with Crippen LogP contribution in [0, 0.1) is 6.92 Å². The van der Waals surface area contributed by atoms with Gasteiger partial charge in [-0.25, -0.2) is 8.42 Å². The number of aromatic nitrogens is 1. The Morgan fingerprint density at radius 3 is 2.85 bits per heavy atom. The van der Waals surface area contributed by atoms with Gasteiger partial charge in [-0.2, -0.15) is 0 Å². The molecule has 0 aliphatic carbocycles. The SMILES string of the molecule is Cc1nccc2c1CS(=O)(=O)[N-]2.[Rb+]. The summed E-state index contributed by atoms with van der Waals surface area (Å²) in [6, 6.07) is 1.62. The minimum atomic E-state index is -3.24. The molecule has 0 aromatic carbocycles. The Morgan fingerprint density at radius 2 is 2.23 bits per heavy atom. The van der Waals surface area contributed by atoms with Crippen molar-refractivity contribution in [2.24, 2.45) is 0 Å². The van der Waals surface area contributed by atoms with Crippen LogP contribution in [0.15, 0.2) is 12.3 Å². The van der Waals surface area contributed by atoms with Crippen molar-refractivity contribution < 1.29 is 66.6 Å². The van der Waals surface area contributed by atoms with Gasteiger partial charge in [0.25, 0.3) is 0 Å². The van der Waals surface area contributed by atoms with Crippen LogP contribution in [0.4, 0.5) is 5.69 Å². The van der Waals surface area contributed by atoms with Gasteiger partial charge in [-0.1, -0.05) is 6.07 Å². The largest absolute Gasteiger partial charge is 1.00 e. The van der Waals surface area contributed by atoms with E-state index in [0.29, 0.717) is 5.69 Å². The Morgan fingerprint density at radius 1 is 1.54 bits per heavy atom. The normalized spacial score (nSPS) is 17.0. The molecule has 6 heteroatoms. The van der Waals surface area contributed by atoms with Crippen LogP contribution < -0.4 is 58.2 Å². The Labute approximate surface area is 126 Å². The van der Waals surface area contributed by atoms with Crippen molar-refractivity contribution in [2.75, 3.05) is 0 Å². The van der Waals surface area contributed by atoms with Gasteiger partial charge in [-0.3, -0.25) is 4.98 Å². The van der Waals surface area contributed by atoms with E-state index >= 15 is 0 Å². The molecule has 1 aliphatic rings. The van der Waals surface area contributed by atoms with Crippen molar-refractivity contribution in [1.82, 2.24) is 4.98 Å². The van der Waals surface area contributed by atoms with Crippen LogP contribution >= 0.6 is 0 Å². The molecule has 0 saturated carbocycles. The zero-order chi connectivity index (χ0) is 8.77. The maximum Gasteiger partial charge on any atom is 1.00 e. The number of pyridine rings is 1. The number of aryl methyl sites for hydroxylation is 1. The van der Waals surface area contributed by atoms with Crippen LogP contribution in [0.5, 0.6) is 0 Å². The summed E-state index contributed by atoms with van der Waals surface area (Å²) in [5, 5.41) is 0. The zero-order valence-electron chi connectivity index (χ0n) is 7.48. The number of sulfonamides is 1. The molecule has 2 rings (SSSR count). The van der Waals surface area contributed by atoms with Crippen LogP contribution in [-0.4, -0.2) is 13.4 Å². The van der Waals surface area contributed by atoms with Gasteiger partial charge in [0.1, 0.15) is 0 Å². The van der Waals surface area contributed by atoms with Crippen molar-refractivity contribution in [3.8, 4) is 0 Å². The maximum absolute atomic E-state index is 11.0. The summed E-state index contributed by atoms with van der Waals surface area (Å²) < 4.78 is 25.7. The van der Waals surface area contributed by atoms with Gasteiger partial charge in [0.05, 0.1) is 15.8 Å². The molecule has 1 aromatic rings. The molecular weight excluding hydrogens is 262 g/mol. The number of hydrogen-bond donors (Lipinski definition) is 0. The molecule has 1 aromatic heterocycles. The fraction of sp³-hybridized carbons (Fsp3) is 0.286. The topological polar surface area (TPSA) is 61.1 Å². The molecule has 0 spiro atoms. The first kappa shape index (κ1) is 11.8. The molecule has 0 N–H and O–H groups in total. The molecule has 64 valence electrons. The van der Waals surface area contributed by atoms with E-state index in [-0.39, 0.29) is 63.9 Å². The Kier molecular flexibility index (Phi) is 3.68. The Balaban J connectivity index is 0.000000845. The van der Waals surface area contributed by atoms with E-state index in [4.69, 9.17) is 0 Å². The second kappa shape index (κ2) is 4.06. The summed E-state index contributed by atoms with van der Waals surface area (Å²) in [6.07, 6.45) is 1.57. The van der Waals surface area contributed by atoms with Gasteiger partial charge in [-0.15, -0.1) is 5.69 Å². The van der Waals surface area contributed by atoms with E-state index in [9.17, 15) is 8.42 Å². The molecule has 0 amide bonds. The molecule has 0 saturated heterocycles. The molecule has 2 heterocycles. The van der Waals surface area contributed by atoms with Crippen LogP contribution in [-0.2, 0) is 15.8 Å². The minimum absolute atomic E-state index is 0. The summed E-state index contributed by atoms with van der Waals surface area (Å²) in [5.41, 5.74) is 2.03. The van der Waals surface area contributed by atoms with E-state index < -0.39 is 10.0 Å². The van der Waals surface area contributed by atoms with Gasteiger partial charge >= 0.3 is 58.2 Å². The molecule has 0 atom stereocenters. The van der Waals surface area contributed by atoms with Crippen LogP contribution in [0.3, 0.4) is 0 Å². The van der Waals surface area contributed by atoms with E-state index in [1.165, 1.54) is 0 Å². The quantitative estimate of drug-likeness (QED) is 0.560. The molecular formula is C7H7N2O2RbS. The Bertz CT molecular complexity index is 430. The third kappa shape index (κ3) is 2.39. The number of fused-ring (bicyclic) bond motifs is 1. The average molecular weight is 269 g/mol. The van der Waals surface area contributed by atoms with Gasteiger partial charge in [0.2, 0.25) is 0 Å². The van der Waals surface area contributed by atoms with Gasteiger partial charge in [0, 0.05) is 11.9 Å². The fourth-order valence-corrected chi connectivity index (χ4v) is 2.47. The molecule has 0 radical (unpaired) electrons. The summed E-state index contributed by atoms with van der Waals surface area (Å²) in [5.74, 6) is 0.00199. The minimum Gasteiger partial charge on any atom is -0.576 e. The number of rotatable bonds is 0. The van der Waals surface area contributed by atoms with Crippen LogP contribution in [0.1, 0.15) is 11.3 Å². The monoisotopic (exact) mass is 268 g/mol. The van der Waals surface area contributed by atoms with Crippen LogP contribution in [0.2, 0.25) is 0 Å². The average Bonchev–Trinajstić information content (AvgIpc) is 2.25. The van der Waals surface area contributed by atoms with Gasteiger partial charge in [0.15, 0.2) is 0 Å². The molecule has 1 aliphatic heterocycles. The van der Waals surface area contributed by atoms with Gasteiger partial charge < -0.3 is 4.72 Å². The van der Waals surface area contributed by atoms with E-state index in [1.807, 2.05) is 0 Å². The molecule has 13 heavy (non-hydrogen) atoms. The van der Waals surface area contributed by atoms with E-state index in [0.717, 1.165) is 11.3 Å². The molecule has 0 bridgehead atoms. The van der Waals surface area contributed by atoms with Crippen molar-refractivity contribution in [2.45, 2.75) is 12.7 Å². The summed E-state index contributed by atoms with van der Waals surface area (Å²) >= 11 is 0. The predicted molar refractivity (Wildman–Crippen MR) is 44.6 cm³/mol. The van der Waals surface area contributed by atoms with Crippen molar-refractivity contribution >= 4 is 15.7 Å². The summed E-state index contributed by atoms with van der Waals surface area (Å²) in [6.45, 7) is 1.79. The summed E-state index contributed by atoms with van der Waals surface area (Å²) in [4.78, 5) is 3.99. The predicted octanol–water partition coefficient (Wildman–Crippen LogP) is -1.76. The first-order chi connectivity index (χ1) is 5.58. The smallest absolute Gasteiger partial charge is 0.576 e. The maximum atomic E-state index is 11.0. The first-order valence-electron chi connectivity index (χ1n) is 3.49.